The van der Waals surface area contributed by atoms with Gasteiger partial charge in [-0.05, 0) is 30.5 Å². The largest absolute Gasteiger partial charge is 0.120 e. The molecule has 1 aliphatic rings. The third-order valence-corrected chi connectivity index (χ3v) is 3.68. The maximum Gasteiger partial charge on any atom is 0.00118 e. The molecule has 1 radical (unpaired) electrons. The summed E-state index contributed by atoms with van der Waals surface area (Å²) in [5.41, 5.74) is 1.32. The first kappa shape index (κ1) is 6.94. The van der Waals surface area contributed by atoms with Crippen LogP contribution in [0, 0.1) is 6.08 Å². The smallest absolute Gasteiger partial charge is 0.00118 e. The molecule has 0 aliphatic heterocycles. The molecule has 0 N–H and O–H groups in total. The van der Waals surface area contributed by atoms with Crippen molar-refractivity contribution in [2.75, 3.05) is 0 Å². The Hall–Kier alpha value is -0.740. The van der Waals surface area contributed by atoms with Crippen LogP contribution in [-0.2, 0) is 6.66 Å². The van der Waals surface area contributed by atoms with Gasteiger partial charge in [-0.1, -0.05) is 24.3 Å². The van der Waals surface area contributed by atoms with Crippen LogP contribution in [0.1, 0.15) is 11.7 Å². The zero-order chi connectivity index (χ0) is 7.68. The van der Waals surface area contributed by atoms with Crippen molar-refractivity contribution in [3.05, 3.63) is 41.5 Å². The van der Waals surface area contributed by atoms with Crippen molar-refractivity contribution in [2.24, 2.45) is 6.66 Å². The quantitative estimate of drug-likeness (QED) is 0.592. The number of allylic oxidation sites excluding steroid dienone is 4. The van der Waals surface area contributed by atoms with Crippen LogP contribution < -0.4 is 0 Å². The van der Waals surface area contributed by atoms with E-state index in [0.29, 0.717) is 0 Å². The van der Waals surface area contributed by atoms with Crippen molar-refractivity contribution in [1.29, 1.82) is 0 Å². The average Bonchev–Trinajstić information content (AvgIpc) is 2.55. The van der Waals surface area contributed by atoms with Crippen LogP contribution in [0.3, 0.4) is 0 Å². The van der Waals surface area contributed by atoms with Crippen LogP contribution in [0.4, 0.5) is 0 Å². The summed E-state index contributed by atoms with van der Waals surface area (Å²) in [5, 5.41) is 1.48. The van der Waals surface area contributed by atoms with E-state index in [-0.39, 0.29) is 7.53 Å². The van der Waals surface area contributed by atoms with Crippen LogP contribution in [0.25, 0.3) is 5.57 Å². The van der Waals surface area contributed by atoms with Gasteiger partial charge in [0.15, 0.2) is 0 Å². The summed E-state index contributed by atoms with van der Waals surface area (Å²) >= 11 is 0. The van der Waals surface area contributed by atoms with Gasteiger partial charge in [0.05, 0.1) is 0 Å². The molecule has 0 nitrogen and oxygen atoms in total. The molecule has 55 valence electrons. The molecule has 1 heterocycles. The normalized spacial score (nSPS) is 17.2. The molecule has 0 spiro atoms. The van der Waals surface area contributed by atoms with E-state index in [2.05, 4.69) is 42.8 Å². The summed E-state index contributed by atoms with van der Waals surface area (Å²) in [4.78, 5) is 0. The van der Waals surface area contributed by atoms with E-state index >= 15 is 0 Å². The van der Waals surface area contributed by atoms with Crippen molar-refractivity contribution in [3.8, 4) is 0 Å². The van der Waals surface area contributed by atoms with Crippen molar-refractivity contribution < 1.29 is 0 Å². The first-order chi connectivity index (χ1) is 5.38. The van der Waals surface area contributed by atoms with Gasteiger partial charge in [-0.3, -0.25) is 0 Å². The predicted molar refractivity (Wildman–Crippen MR) is 50.5 cm³/mol. The molecule has 1 aliphatic carbocycles. The molecule has 1 heteroatoms. The summed E-state index contributed by atoms with van der Waals surface area (Å²) in [7, 11) is -0.00971. The SMILES string of the molecule is Cp1cccc1C1=[C]CC=C1. The molecular weight excluding hydrogens is 151 g/mol. The van der Waals surface area contributed by atoms with Gasteiger partial charge < -0.3 is 0 Å². The van der Waals surface area contributed by atoms with Crippen molar-refractivity contribution in [2.45, 2.75) is 6.42 Å². The molecular formula is C10H10P. The number of hydrogen-bond acceptors (Lipinski definition) is 0. The highest BCUT2D eigenvalue weighted by Crippen LogP contribution is 2.37. The fraction of sp³-hybridized carbons (Fsp3) is 0.200. The Kier molecular flexibility index (Phi) is 1.71. The lowest BCUT2D eigenvalue weighted by Gasteiger charge is -1.96. The molecule has 0 saturated heterocycles. The second-order valence-electron chi connectivity index (χ2n) is 2.70. The standard InChI is InChI=1S/C10H10P/c1-11-8-4-7-10(11)9-5-2-3-6-9/h2,4-5,7-8H,3H2,1H3. The highest BCUT2D eigenvalue weighted by atomic mass is 31.1. The molecule has 0 saturated carbocycles. The third-order valence-electron chi connectivity index (χ3n) is 1.91. The van der Waals surface area contributed by atoms with E-state index in [0.717, 1.165) is 6.42 Å². The van der Waals surface area contributed by atoms with Gasteiger partial charge >= 0.3 is 0 Å². The summed E-state index contributed by atoms with van der Waals surface area (Å²) < 4.78 is 0. The summed E-state index contributed by atoms with van der Waals surface area (Å²) in [6.45, 7) is 2.28. The zero-order valence-corrected chi connectivity index (χ0v) is 7.44. The molecule has 0 aromatic carbocycles. The zero-order valence-electron chi connectivity index (χ0n) is 6.54. The molecule has 1 aromatic heterocycles. The molecule has 0 amide bonds. The van der Waals surface area contributed by atoms with E-state index < -0.39 is 0 Å². The molecule has 0 fully saturated rings. The lowest BCUT2D eigenvalue weighted by Crippen LogP contribution is -1.69. The van der Waals surface area contributed by atoms with Crippen molar-refractivity contribution in [3.63, 3.8) is 0 Å². The Balaban J connectivity index is 2.43. The van der Waals surface area contributed by atoms with Gasteiger partial charge in [-0.15, -0.1) is 7.53 Å². The van der Waals surface area contributed by atoms with E-state index in [9.17, 15) is 0 Å². The fourth-order valence-corrected chi connectivity index (χ4v) is 2.68. The first-order valence-electron chi connectivity index (χ1n) is 3.77. The topological polar surface area (TPSA) is 0 Å². The molecule has 1 atom stereocenters. The summed E-state index contributed by atoms with van der Waals surface area (Å²) in [6, 6.07) is 4.37. The fourth-order valence-electron chi connectivity index (χ4n) is 1.32. The minimum Gasteiger partial charge on any atom is -0.120 e. The minimum atomic E-state index is -0.00971. The van der Waals surface area contributed by atoms with Crippen LogP contribution >= 0.6 is 7.53 Å². The van der Waals surface area contributed by atoms with E-state index in [1.807, 2.05) is 0 Å². The molecule has 1 aromatic rings. The molecule has 1 unspecified atom stereocenters. The first-order valence-corrected chi connectivity index (χ1v) is 5.63. The van der Waals surface area contributed by atoms with Crippen molar-refractivity contribution >= 4 is 13.1 Å². The minimum absolute atomic E-state index is 0.00971. The third kappa shape index (κ3) is 1.19. The summed E-state index contributed by atoms with van der Waals surface area (Å²) in [6.07, 6.45) is 8.68. The Morgan fingerprint density at radius 2 is 2.45 bits per heavy atom. The van der Waals surface area contributed by atoms with Crippen molar-refractivity contribution in [1.82, 2.24) is 0 Å². The number of hydrogen-bond donors (Lipinski definition) is 0. The van der Waals surface area contributed by atoms with Gasteiger partial charge in [0.25, 0.3) is 0 Å². The van der Waals surface area contributed by atoms with E-state index in [1.165, 1.54) is 10.9 Å². The Labute approximate surface area is 68.3 Å². The van der Waals surface area contributed by atoms with E-state index in [1.54, 1.807) is 0 Å². The predicted octanol–water partition coefficient (Wildman–Crippen LogP) is 3.36. The molecule has 0 bridgehead atoms. The Morgan fingerprint density at radius 1 is 1.55 bits per heavy atom. The average molecular weight is 161 g/mol. The van der Waals surface area contributed by atoms with Gasteiger partial charge in [0.1, 0.15) is 0 Å². The number of rotatable bonds is 1. The molecule has 11 heavy (non-hydrogen) atoms. The van der Waals surface area contributed by atoms with E-state index in [4.69, 9.17) is 0 Å². The molecule has 2 rings (SSSR count). The monoisotopic (exact) mass is 161 g/mol. The lowest BCUT2D eigenvalue weighted by atomic mass is 10.2. The Morgan fingerprint density at radius 3 is 3.00 bits per heavy atom. The second-order valence-corrected chi connectivity index (χ2v) is 4.70. The highest BCUT2D eigenvalue weighted by Gasteiger charge is 2.04. The van der Waals surface area contributed by atoms with Crippen LogP contribution in [0.5, 0.6) is 0 Å². The summed E-state index contributed by atoms with van der Waals surface area (Å²) in [5.74, 6) is 2.28. The Bertz CT molecular complexity index is 315. The van der Waals surface area contributed by atoms with Crippen LogP contribution in [-0.4, -0.2) is 0 Å². The van der Waals surface area contributed by atoms with Gasteiger partial charge in [0, 0.05) is 5.30 Å². The lowest BCUT2D eigenvalue weighted by molar-refractivity contribution is 1.40. The van der Waals surface area contributed by atoms with Crippen LogP contribution in [0.2, 0.25) is 0 Å². The van der Waals surface area contributed by atoms with Crippen LogP contribution in [0.15, 0.2) is 30.1 Å². The maximum atomic E-state index is 3.34. The number of aryl methyl sites for hydroxylation is 1. The van der Waals surface area contributed by atoms with Gasteiger partial charge in [0.2, 0.25) is 0 Å². The van der Waals surface area contributed by atoms with Gasteiger partial charge in [-0.25, -0.2) is 0 Å². The van der Waals surface area contributed by atoms with Gasteiger partial charge in [-0.2, -0.15) is 0 Å². The second kappa shape index (κ2) is 2.71. The highest BCUT2D eigenvalue weighted by molar-refractivity contribution is 7.48. The maximum absolute atomic E-state index is 3.34.